The van der Waals surface area contributed by atoms with Crippen molar-refractivity contribution in [3.8, 4) is 0 Å². The number of hydrogen-bond acceptors (Lipinski definition) is 2. The quantitative estimate of drug-likeness (QED) is 0.801. The lowest BCUT2D eigenvalue weighted by Gasteiger charge is -2.59. The van der Waals surface area contributed by atoms with E-state index in [0.717, 1.165) is 42.6 Å². The van der Waals surface area contributed by atoms with Crippen LogP contribution in [0.15, 0.2) is 16.5 Å². The first-order chi connectivity index (χ1) is 10.4. The second kappa shape index (κ2) is 4.86. The number of aryl methyl sites for hydroxylation is 1. The van der Waals surface area contributed by atoms with E-state index in [1.807, 2.05) is 26.0 Å². The average molecular weight is 366 g/mol. The molecule has 5 rings (SSSR count). The molecule has 3 unspecified atom stereocenters. The Labute approximate surface area is 140 Å². The van der Waals surface area contributed by atoms with Crippen molar-refractivity contribution in [2.45, 2.75) is 62.7 Å². The van der Waals surface area contributed by atoms with Crippen LogP contribution >= 0.6 is 15.9 Å². The molecule has 1 aromatic heterocycles. The predicted octanol–water partition coefficient (Wildman–Crippen LogP) is 4.50. The Bertz CT molecular complexity index is 594. The summed E-state index contributed by atoms with van der Waals surface area (Å²) < 4.78 is 5.88. The zero-order valence-corrected chi connectivity index (χ0v) is 14.9. The molecule has 1 N–H and O–H groups in total. The fourth-order valence-corrected chi connectivity index (χ4v) is 6.98. The Balaban J connectivity index is 1.53. The third-order valence-electron chi connectivity index (χ3n) is 6.01. The van der Waals surface area contributed by atoms with Crippen molar-refractivity contribution >= 4 is 21.8 Å². The van der Waals surface area contributed by atoms with Crippen LogP contribution < -0.4 is 5.32 Å². The Kier molecular flexibility index (Phi) is 3.27. The van der Waals surface area contributed by atoms with E-state index in [9.17, 15) is 4.79 Å². The van der Waals surface area contributed by atoms with Crippen molar-refractivity contribution in [3.63, 3.8) is 0 Å². The van der Waals surface area contributed by atoms with Crippen LogP contribution in [0.5, 0.6) is 0 Å². The molecule has 4 heteroatoms. The van der Waals surface area contributed by atoms with Gasteiger partial charge in [0.25, 0.3) is 0 Å². The summed E-state index contributed by atoms with van der Waals surface area (Å²) in [5.74, 6) is 3.45. The minimum Gasteiger partial charge on any atom is -0.464 e. The van der Waals surface area contributed by atoms with Gasteiger partial charge in [-0.05, 0) is 76.3 Å². The van der Waals surface area contributed by atoms with Crippen molar-refractivity contribution in [2.24, 2.45) is 17.3 Å². The van der Waals surface area contributed by atoms with Crippen molar-refractivity contribution in [3.05, 3.63) is 23.7 Å². The first-order valence-corrected chi connectivity index (χ1v) is 9.23. The highest BCUT2D eigenvalue weighted by Crippen LogP contribution is 2.64. The summed E-state index contributed by atoms with van der Waals surface area (Å²) in [5, 5.41) is 3.23. The number of alkyl halides is 1. The van der Waals surface area contributed by atoms with Gasteiger partial charge in [0.2, 0.25) is 5.91 Å². The number of nitrogens with one attached hydrogen (secondary N) is 1. The zero-order valence-electron chi connectivity index (χ0n) is 13.3. The largest absolute Gasteiger partial charge is 0.464 e. The Morgan fingerprint density at radius 3 is 2.55 bits per heavy atom. The van der Waals surface area contributed by atoms with Gasteiger partial charge < -0.3 is 9.73 Å². The molecule has 4 fully saturated rings. The van der Waals surface area contributed by atoms with Gasteiger partial charge in [-0.1, -0.05) is 15.9 Å². The molecule has 4 aliphatic carbocycles. The molecule has 4 bridgehead atoms. The maximum atomic E-state index is 13.1. The number of halogens is 1. The van der Waals surface area contributed by atoms with Crippen LogP contribution in [0.1, 0.15) is 63.0 Å². The third kappa shape index (κ3) is 2.34. The second-order valence-corrected chi connectivity index (χ2v) is 9.72. The fraction of sp³-hybridized carbons (Fsp3) is 0.722. The Morgan fingerprint density at radius 2 is 2.00 bits per heavy atom. The highest BCUT2D eigenvalue weighted by molar-refractivity contribution is 9.10. The van der Waals surface area contributed by atoms with Crippen LogP contribution in [-0.2, 0) is 4.79 Å². The number of carbonyl (C=O) groups is 1. The molecule has 3 nitrogen and oxygen atoms in total. The van der Waals surface area contributed by atoms with E-state index in [2.05, 4.69) is 21.2 Å². The number of rotatable bonds is 3. The summed E-state index contributed by atoms with van der Waals surface area (Å²) in [5.41, 5.74) is -0.149. The molecule has 1 heterocycles. The van der Waals surface area contributed by atoms with Crippen molar-refractivity contribution in [1.82, 2.24) is 5.32 Å². The Hall–Kier alpha value is -0.770. The lowest BCUT2D eigenvalue weighted by molar-refractivity contribution is -0.144. The van der Waals surface area contributed by atoms with E-state index in [1.165, 1.54) is 19.3 Å². The number of furan rings is 1. The molecule has 0 radical (unpaired) electrons. The van der Waals surface area contributed by atoms with Gasteiger partial charge in [-0.25, -0.2) is 0 Å². The normalized spacial score (nSPS) is 40.7. The predicted molar refractivity (Wildman–Crippen MR) is 88.8 cm³/mol. The van der Waals surface area contributed by atoms with Crippen LogP contribution in [0.25, 0.3) is 0 Å². The molecule has 120 valence electrons. The van der Waals surface area contributed by atoms with Crippen molar-refractivity contribution in [1.29, 1.82) is 0 Å². The van der Waals surface area contributed by atoms with Crippen LogP contribution in [0.2, 0.25) is 0 Å². The van der Waals surface area contributed by atoms with Crippen molar-refractivity contribution < 1.29 is 9.21 Å². The summed E-state index contributed by atoms with van der Waals surface area (Å²) in [4.78, 5) is 13.1. The molecule has 0 aliphatic heterocycles. The van der Waals surface area contributed by atoms with Crippen LogP contribution in [0.3, 0.4) is 0 Å². The minimum absolute atomic E-state index is 0.0551. The SMILES string of the molecule is Cc1ccc(C(C)NC(=O)C23CC4CC(CC(Br)(C4)C2)C3)o1. The van der Waals surface area contributed by atoms with E-state index in [4.69, 9.17) is 4.42 Å². The smallest absolute Gasteiger partial charge is 0.226 e. The molecular formula is C18H24BrNO2. The van der Waals surface area contributed by atoms with Gasteiger partial charge in [0.05, 0.1) is 11.5 Å². The van der Waals surface area contributed by atoms with Gasteiger partial charge in [-0.3, -0.25) is 4.79 Å². The van der Waals surface area contributed by atoms with E-state index < -0.39 is 0 Å². The molecule has 0 aromatic carbocycles. The summed E-state index contributed by atoms with van der Waals surface area (Å²) in [7, 11) is 0. The topological polar surface area (TPSA) is 42.2 Å². The van der Waals surface area contributed by atoms with Gasteiger partial charge in [-0.15, -0.1) is 0 Å². The molecule has 4 saturated carbocycles. The van der Waals surface area contributed by atoms with Gasteiger partial charge in [0.15, 0.2) is 0 Å². The highest BCUT2D eigenvalue weighted by Gasteiger charge is 2.59. The van der Waals surface area contributed by atoms with E-state index in [-0.39, 0.29) is 21.7 Å². The van der Waals surface area contributed by atoms with Crippen molar-refractivity contribution in [2.75, 3.05) is 0 Å². The molecule has 1 aromatic rings. The lowest BCUT2D eigenvalue weighted by Crippen LogP contribution is -2.58. The van der Waals surface area contributed by atoms with Gasteiger partial charge in [0, 0.05) is 4.32 Å². The van der Waals surface area contributed by atoms with Gasteiger partial charge in [0.1, 0.15) is 11.5 Å². The number of amides is 1. The first kappa shape index (κ1) is 14.8. The first-order valence-electron chi connectivity index (χ1n) is 8.44. The maximum absolute atomic E-state index is 13.1. The monoisotopic (exact) mass is 365 g/mol. The molecule has 0 saturated heterocycles. The molecule has 4 aliphatic rings. The van der Waals surface area contributed by atoms with E-state index in [0.29, 0.717) is 0 Å². The van der Waals surface area contributed by atoms with Crippen LogP contribution in [-0.4, -0.2) is 10.2 Å². The van der Waals surface area contributed by atoms with Gasteiger partial charge in [-0.2, -0.15) is 0 Å². The summed E-state index contributed by atoms with van der Waals surface area (Å²) >= 11 is 3.98. The third-order valence-corrected chi connectivity index (χ3v) is 6.93. The second-order valence-electron chi connectivity index (χ2n) is 8.04. The average Bonchev–Trinajstić information content (AvgIpc) is 2.82. The Morgan fingerprint density at radius 1 is 1.32 bits per heavy atom. The van der Waals surface area contributed by atoms with Gasteiger partial charge >= 0.3 is 0 Å². The van der Waals surface area contributed by atoms with E-state index >= 15 is 0 Å². The maximum Gasteiger partial charge on any atom is 0.226 e. The lowest BCUT2D eigenvalue weighted by atomic mass is 9.49. The molecule has 1 amide bonds. The molecular weight excluding hydrogens is 342 g/mol. The summed E-state index contributed by atoms with van der Waals surface area (Å²) in [6, 6.07) is 3.86. The van der Waals surface area contributed by atoms with E-state index in [1.54, 1.807) is 0 Å². The molecule has 3 atom stereocenters. The van der Waals surface area contributed by atoms with Crippen LogP contribution in [0, 0.1) is 24.2 Å². The minimum atomic E-state index is -0.149. The fourth-order valence-electron chi connectivity index (χ4n) is 5.52. The highest BCUT2D eigenvalue weighted by atomic mass is 79.9. The number of hydrogen-bond donors (Lipinski definition) is 1. The zero-order chi connectivity index (χ0) is 15.5. The summed E-state index contributed by atoms with van der Waals surface area (Å²) in [6.45, 7) is 3.95. The standard InChI is InChI=1S/C18H24BrNO2/c1-11-3-4-15(22-11)12(2)20-16(21)17-6-13-5-14(7-17)9-18(19,8-13)10-17/h3-4,12-14H,5-10H2,1-2H3,(H,20,21). The molecule has 0 spiro atoms. The van der Waals surface area contributed by atoms with Crippen LogP contribution in [0.4, 0.5) is 0 Å². The number of carbonyl (C=O) groups excluding carboxylic acids is 1. The summed E-state index contributed by atoms with van der Waals surface area (Å²) in [6.07, 6.45) is 6.99. The molecule has 22 heavy (non-hydrogen) atoms.